The molecule has 0 spiro atoms. The molecule has 1 heterocycles. The monoisotopic (exact) mass is 270 g/mol. The molecule has 1 rings (SSSR count). The third-order valence-corrected chi connectivity index (χ3v) is 4.06. The van der Waals surface area contributed by atoms with E-state index in [0.717, 1.165) is 52.0 Å². The van der Waals surface area contributed by atoms with E-state index in [0.29, 0.717) is 17.7 Å². The number of nitrogens with zero attached hydrogens (tertiary/aromatic N) is 1. The maximum Gasteiger partial charge on any atom is 0.222 e. The fraction of sp³-hybridized carbons (Fsp3) is 0.933. The summed E-state index contributed by atoms with van der Waals surface area (Å²) >= 11 is 0. The summed E-state index contributed by atoms with van der Waals surface area (Å²) in [5, 5.41) is 3.32. The molecule has 4 heteroatoms. The zero-order valence-electron chi connectivity index (χ0n) is 12.8. The van der Waals surface area contributed by atoms with Gasteiger partial charge < -0.3 is 15.0 Å². The first-order valence-corrected chi connectivity index (χ1v) is 7.62. The topological polar surface area (TPSA) is 41.6 Å². The van der Waals surface area contributed by atoms with E-state index in [2.05, 4.69) is 24.1 Å². The lowest BCUT2D eigenvalue weighted by Gasteiger charge is -2.21. The van der Waals surface area contributed by atoms with Crippen molar-refractivity contribution < 1.29 is 9.53 Å². The van der Waals surface area contributed by atoms with Crippen LogP contribution in [0.4, 0.5) is 0 Å². The van der Waals surface area contributed by atoms with Gasteiger partial charge in [-0.25, -0.2) is 0 Å². The number of hydrogen-bond donors (Lipinski definition) is 1. The van der Waals surface area contributed by atoms with Gasteiger partial charge >= 0.3 is 0 Å². The molecule has 0 bridgehead atoms. The van der Waals surface area contributed by atoms with Gasteiger partial charge in [-0.1, -0.05) is 13.8 Å². The molecule has 0 saturated carbocycles. The van der Waals surface area contributed by atoms with Crippen molar-refractivity contribution in [2.75, 3.05) is 39.9 Å². The van der Waals surface area contributed by atoms with E-state index in [1.807, 2.05) is 0 Å². The van der Waals surface area contributed by atoms with Crippen LogP contribution >= 0.6 is 0 Å². The van der Waals surface area contributed by atoms with Crippen molar-refractivity contribution in [3.05, 3.63) is 0 Å². The van der Waals surface area contributed by atoms with Gasteiger partial charge in [0, 0.05) is 33.2 Å². The zero-order valence-corrected chi connectivity index (χ0v) is 12.8. The Morgan fingerprint density at radius 3 is 2.84 bits per heavy atom. The van der Waals surface area contributed by atoms with Gasteiger partial charge in [0.05, 0.1) is 6.61 Å². The summed E-state index contributed by atoms with van der Waals surface area (Å²) in [5.41, 5.74) is 0. The van der Waals surface area contributed by atoms with Crippen molar-refractivity contribution >= 4 is 5.91 Å². The third kappa shape index (κ3) is 6.39. The van der Waals surface area contributed by atoms with Crippen molar-refractivity contribution in [3.63, 3.8) is 0 Å². The number of likely N-dealkylation sites (tertiary alicyclic amines) is 1. The highest BCUT2D eigenvalue weighted by atomic mass is 16.5. The Bertz CT molecular complexity index is 257. The van der Waals surface area contributed by atoms with Gasteiger partial charge in [-0.2, -0.15) is 0 Å². The number of carbonyl (C=O) groups excluding carboxylic acids is 1. The molecule has 0 radical (unpaired) electrons. The first-order chi connectivity index (χ1) is 9.15. The summed E-state index contributed by atoms with van der Waals surface area (Å²) in [5.74, 6) is 1.76. The van der Waals surface area contributed by atoms with Crippen molar-refractivity contribution in [1.82, 2.24) is 10.2 Å². The van der Waals surface area contributed by atoms with E-state index in [-0.39, 0.29) is 0 Å². The van der Waals surface area contributed by atoms with E-state index in [1.54, 1.807) is 7.11 Å². The van der Waals surface area contributed by atoms with Crippen LogP contribution < -0.4 is 5.32 Å². The minimum absolute atomic E-state index is 0.347. The lowest BCUT2D eigenvalue weighted by Crippen LogP contribution is -2.33. The fourth-order valence-electron chi connectivity index (χ4n) is 2.66. The molecule has 1 saturated heterocycles. The average molecular weight is 270 g/mol. The van der Waals surface area contributed by atoms with Gasteiger partial charge in [0.1, 0.15) is 0 Å². The van der Waals surface area contributed by atoms with Crippen molar-refractivity contribution in [2.45, 2.75) is 39.5 Å². The van der Waals surface area contributed by atoms with Crippen LogP contribution in [0.3, 0.4) is 0 Å². The molecule has 0 aromatic rings. The summed E-state index contributed by atoms with van der Waals surface area (Å²) in [4.78, 5) is 14.1. The molecule has 0 aromatic heterocycles. The number of hydrogen-bond acceptors (Lipinski definition) is 3. The first kappa shape index (κ1) is 16.4. The Labute approximate surface area is 117 Å². The predicted octanol–water partition coefficient (Wildman–Crippen LogP) is 1.90. The van der Waals surface area contributed by atoms with Crippen LogP contribution in [0.5, 0.6) is 0 Å². The maximum atomic E-state index is 12.0. The first-order valence-electron chi connectivity index (χ1n) is 7.62. The lowest BCUT2D eigenvalue weighted by atomic mass is 9.89. The highest BCUT2D eigenvalue weighted by molar-refractivity contribution is 5.76. The fourth-order valence-corrected chi connectivity index (χ4v) is 2.66. The predicted molar refractivity (Wildman–Crippen MR) is 78.1 cm³/mol. The van der Waals surface area contributed by atoms with Crippen molar-refractivity contribution in [3.8, 4) is 0 Å². The van der Waals surface area contributed by atoms with Crippen LogP contribution in [-0.2, 0) is 9.53 Å². The van der Waals surface area contributed by atoms with Gasteiger partial charge in [0.15, 0.2) is 0 Å². The molecule has 112 valence electrons. The second kappa shape index (κ2) is 9.32. The third-order valence-electron chi connectivity index (χ3n) is 4.06. The van der Waals surface area contributed by atoms with E-state index < -0.39 is 0 Å². The quantitative estimate of drug-likeness (QED) is 0.685. The Balaban J connectivity index is 2.20. The Hall–Kier alpha value is -0.610. The molecule has 1 atom stereocenters. The minimum atomic E-state index is 0.347. The summed E-state index contributed by atoms with van der Waals surface area (Å²) < 4.78 is 4.98. The van der Waals surface area contributed by atoms with Crippen LogP contribution in [0.1, 0.15) is 39.5 Å². The standard InChI is InChI=1S/C15H30N2O2/c1-13(2)14-5-6-15(18)17(11-7-14)10-4-8-16-9-12-19-3/h13-14,16H,4-12H2,1-3H3. The number of ether oxygens (including phenoxy) is 1. The van der Waals surface area contributed by atoms with Crippen LogP contribution in [0.25, 0.3) is 0 Å². The Morgan fingerprint density at radius 1 is 1.37 bits per heavy atom. The van der Waals surface area contributed by atoms with E-state index in [9.17, 15) is 4.79 Å². The smallest absolute Gasteiger partial charge is 0.222 e. The van der Waals surface area contributed by atoms with Gasteiger partial charge in [0.2, 0.25) is 5.91 Å². The molecule has 1 unspecified atom stereocenters. The van der Waals surface area contributed by atoms with Crippen molar-refractivity contribution in [1.29, 1.82) is 0 Å². The molecule has 0 aliphatic carbocycles. The molecule has 1 aliphatic heterocycles. The number of nitrogens with one attached hydrogen (secondary N) is 1. The van der Waals surface area contributed by atoms with Gasteiger partial charge in [-0.15, -0.1) is 0 Å². The van der Waals surface area contributed by atoms with Crippen molar-refractivity contribution in [2.24, 2.45) is 11.8 Å². The average Bonchev–Trinajstić information content (AvgIpc) is 2.56. The lowest BCUT2D eigenvalue weighted by molar-refractivity contribution is -0.130. The number of rotatable bonds is 8. The normalized spacial score (nSPS) is 20.9. The van der Waals surface area contributed by atoms with E-state index in [4.69, 9.17) is 4.74 Å². The second-order valence-electron chi connectivity index (χ2n) is 5.81. The molecule has 4 nitrogen and oxygen atoms in total. The second-order valence-corrected chi connectivity index (χ2v) is 5.81. The summed E-state index contributed by atoms with van der Waals surface area (Å²) in [6, 6.07) is 0. The summed E-state index contributed by atoms with van der Waals surface area (Å²) in [6.07, 6.45) is 4.00. The van der Waals surface area contributed by atoms with Gasteiger partial charge in [0.25, 0.3) is 0 Å². The molecule has 1 aliphatic rings. The number of methoxy groups -OCH3 is 1. The molecular formula is C15H30N2O2. The van der Waals surface area contributed by atoms with Gasteiger partial charge in [-0.05, 0) is 37.6 Å². The van der Waals surface area contributed by atoms with Crippen LogP contribution in [-0.4, -0.2) is 50.7 Å². The Morgan fingerprint density at radius 2 is 2.16 bits per heavy atom. The highest BCUT2D eigenvalue weighted by Gasteiger charge is 2.23. The molecule has 1 fully saturated rings. The molecule has 1 amide bonds. The summed E-state index contributed by atoms with van der Waals surface area (Å²) in [6.45, 7) is 8.97. The Kier molecular flexibility index (Phi) is 8.07. The number of carbonyl (C=O) groups is 1. The minimum Gasteiger partial charge on any atom is -0.383 e. The summed E-state index contributed by atoms with van der Waals surface area (Å²) in [7, 11) is 1.71. The molecule has 0 aromatic carbocycles. The highest BCUT2D eigenvalue weighted by Crippen LogP contribution is 2.25. The van der Waals surface area contributed by atoms with Crippen LogP contribution in [0.15, 0.2) is 0 Å². The van der Waals surface area contributed by atoms with Crippen LogP contribution in [0.2, 0.25) is 0 Å². The molecule has 19 heavy (non-hydrogen) atoms. The molecular weight excluding hydrogens is 240 g/mol. The molecule has 1 N–H and O–H groups in total. The SMILES string of the molecule is COCCNCCCN1CCC(C(C)C)CCC1=O. The zero-order chi connectivity index (χ0) is 14.1. The maximum absolute atomic E-state index is 12.0. The van der Waals surface area contributed by atoms with Gasteiger partial charge in [-0.3, -0.25) is 4.79 Å². The number of amides is 1. The van der Waals surface area contributed by atoms with E-state index in [1.165, 1.54) is 6.42 Å². The van der Waals surface area contributed by atoms with E-state index >= 15 is 0 Å². The van der Waals surface area contributed by atoms with Crippen LogP contribution in [0, 0.1) is 11.8 Å². The largest absolute Gasteiger partial charge is 0.383 e.